The van der Waals surface area contributed by atoms with E-state index in [0.717, 1.165) is 15.6 Å². The first kappa shape index (κ1) is 23.0. The summed E-state index contributed by atoms with van der Waals surface area (Å²) in [6.45, 7) is 1.69. The van der Waals surface area contributed by atoms with E-state index >= 15 is 4.39 Å². The van der Waals surface area contributed by atoms with Crippen LogP contribution in [0.1, 0.15) is 29.6 Å². The second-order valence-electron chi connectivity index (χ2n) is 8.57. The zero-order chi connectivity index (χ0) is 24.4. The van der Waals surface area contributed by atoms with E-state index in [2.05, 4.69) is 15.1 Å². The van der Waals surface area contributed by atoms with Crippen LogP contribution in [0.3, 0.4) is 0 Å². The number of sulfonamides is 1. The summed E-state index contributed by atoms with van der Waals surface area (Å²) < 4.78 is 44.1. The number of thiophene rings is 1. The number of nitrogens with two attached hydrogens (primary N) is 1. The molecule has 0 saturated heterocycles. The van der Waals surface area contributed by atoms with Gasteiger partial charge in [-0.15, -0.1) is 11.3 Å². The quantitative estimate of drug-likeness (QED) is 0.566. The van der Waals surface area contributed by atoms with Gasteiger partial charge in [0, 0.05) is 43.9 Å². The van der Waals surface area contributed by atoms with Gasteiger partial charge in [-0.05, 0) is 24.6 Å². The number of fused-ring (bicyclic) bond motifs is 1. The minimum absolute atomic E-state index is 0.104. The summed E-state index contributed by atoms with van der Waals surface area (Å²) in [4.78, 5) is 9.49. The third-order valence-electron chi connectivity index (χ3n) is 6.22. The van der Waals surface area contributed by atoms with Crippen molar-refractivity contribution in [1.82, 2.24) is 19.1 Å². The highest BCUT2D eigenvalue weighted by molar-refractivity contribution is 7.89. The highest BCUT2D eigenvalue weighted by atomic mass is 35.5. The molecule has 0 saturated carbocycles. The van der Waals surface area contributed by atoms with E-state index < -0.39 is 21.7 Å². The molecule has 1 aliphatic carbocycles. The van der Waals surface area contributed by atoms with Crippen LogP contribution in [0.15, 0.2) is 41.7 Å². The van der Waals surface area contributed by atoms with Gasteiger partial charge < -0.3 is 5.73 Å². The fourth-order valence-electron chi connectivity index (χ4n) is 4.38. The van der Waals surface area contributed by atoms with Gasteiger partial charge >= 0.3 is 0 Å². The Kier molecular flexibility index (Phi) is 5.34. The van der Waals surface area contributed by atoms with Crippen LogP contribution in [0, 0.1) is 0 Å². The van der Waals surface area contributed by atoms with Crippen LogP contribution in [0.25, 0.3) is 21.2 Å². The molecule has 2 atom stereocenters. The van der Waals surface area contributed by atoms with Gasteiger partial charge in [0.05, 0.1) is 31.7 Å². The maximum absolute atomic E-state index is 15.4. The van der Waals surface area contributed by atoms with Crippen LogP contribution < -0.4 is 5.73 Å². The molecule has 2 unspecified atom stereocenters. The molecule has 0 bridgehead atoms. The van der Waals surface area contributed by atoms with Gasteiger partial charge in [-0.3, -0.25) is 9.67 Å². The summed E-state index contributed by atoms with van der Waals surface area (Å²) in [7, 11) is -0.481. The zero-order valence-corrected chi connectivity index (χ0v) is 21.0. The zero-order valence-electron chi connectivity index (χ0n) is 18.7. The maximum Gasteiger partial charge on any atom is 0.239 e. The normalized spacial score (nSPS) is 24.7. The number of rotatable bonds is 3. The number of pyridine rings is 1. The fourth-order valence-corrected chi connectivity index (χ4v) is 7.74. The molecule has 0 radical (unpaired) electrons. The van der Waals surface area contributed by atoms with Crippen molar-refractivity contribution in [3.05, 3.63) is 58.0 Å². The SMILES string of the molecule is CN1C(N)=NC(C)(c2sc3c(C4=CC=C(c5ccnn5C)CC4F)nccc3c2Cl)CS1(=O)=O. The van der Waals surface area contributed by atoms with Gasteiger partial charge in [-0.2, -0.15) is 5.10 Å². The number of allylic oxidation sites excluding steroid dienone is 4. The van der Waals surface area contributed by atoms with Gasteiger partial charge in [0.2, 0.25) is 16.0 Å². The van der Waals surface area contributed by atoms with Crippen LogP contribution in [-0.4, -0.2) is 52.4 Å². The number of hydrogen-bond donors (Lipinski definition) is 1. The van der Waals surface area contributed by atoms with E-state index in [9.17, 15) is 8.42 Å². The lowest BCUT2D eigenvalue weighted by Gasteiger charge is -2.33. The van der Waals surface area contributed by atoms with Crippen LogP contribution in [0.5, 0.6) is 0 Å². The number of hydrogen-bond acceptors (Lipinski definition) is 7. The first-order chi connectivity index (χ1) is 16.0. The molecule has 5 rings (SSSR count). The number of aliphatic imine (C=N–C) groups is 1. The van der Waals surface area contributed by atoms with Crippen molar-refractivity contribution in [3.63, 3.8) is 0 Å². The Balaban J connectivity index is 1.64. The number of aryl methyl sites for hydroxylation is 1. The van der Waals surface area contributed by atoms with Crippen molar-refractivity contribution in [1.29, 1.82) is 0 Å². The number of guanidine groups is 1. The lowest BCUT2D eigenvalue weighted by Crippen LogP contribution is -2.50. The molecule has 3 aromatic heterocycles. The molecule has 3 aromatic rings. The average Bonchev–Trinajstić information content (AvgIpc) is 3.35. The van der Waals surface area contributed by atoms with Crippen molar-refractivity contribution >= 4 is 60.2 Å². The molecule has 34 heavy (non-hydrogen) atoms. The Morgan fingerprint density at radius 3 is 2.68 bits per heavy atom. The highest BCUT2D eigenvalue weighted by Crippen LogP contribution is 2.47. The maximum atomic E-state index is 15.4. The summed E-state index contributed by atoms with van der Waals surface area (Å²) in [5, 5.41) is 5.21. The van der Waals surface area contributed by atoms with E-state index in [0.29, 0.717) is 31.3 Å². The van der Waals surface area contributed by atoms with E-state index in [1.165, 1.54) is 18.4 Å². The van der Waals surface area contributed by atoms with Crippen LogP contribution in [-0.2, 0) is 22.6 Å². The first-order valence-electron chi connectivity index (χ1n) is 10.4. The Morgan fingerprint density at radius 1 is 1.26 bits per heavy atom. The van der Waals surface area contributed by atoms with Gasteiger partial charge in [-0.1, -0.05) is 23.8 Å². The summed E-state index contributed by atoms with van der Waals surface area (Å²) in [5.41, 5.74) is 7.39. The third-order valence-corrected chi connectivity index (χ3v) is 10.1. The Labute approximate surface area is 205 Å². The Morgan fingerprint density at radius 2 is 2.03 bits per heavy atom. The van der Waals surface area contributed by atoms with E-state index in [1.54, 1.807) is 36.1 Å². The van der Waals surface area contributed by atoms with E-state index in [1.807, 2.05) is 19.2 Å². The Hall–Kier alpha value is -2.76. The third kappa shape index (κ3) is 3.53. The topological polar surface area (TPSA) is 106 Å². The summed E-state index contributed by atoms with van der Waals surface area (Å²) in [6, 6.07) is 3.60. The Bertz CT molecular complexity index is 1520. The first-order valence-corrected chi connectivity index (χ1v) is 13.2. The predicted molar refractivity (Wildman–Crippen MR) is 134 cm³/mol. The minimum Gasteiger partial charge on any atom is -0.369 e. The molecule has 4 heterocycles. The predicted octanol–water partition coefficient (Wildman–Crippen LogP) is 3.70. The van der Waals surface area contributed by atoms with E-state index in [4.69, 9.17) is 17.3 Å². The highest BCUT2D eigenvalue weighted by Gasteiger charge is 2.43. The average molecular weight is 521 g/mol. The number of alkyl halides is 1. The standard InChI is InChI=1S/C22H22ClFN6O2S2/c1-22(11-34(31,32)30(3)21(25)28-22)20-17(23)14-6-8-26-18(19(14)33-20)13-5-4-12(10-15(13)24)16-7-9-27-29(16)2/h4-9,15H,10-11H2,1-3H3,(H2,25,28). The second kappa shape index (κ2) is 7.89. The fraction of sp³-hybridized carbons (Fsp3) is 0.318. The monoisotopic (exact) mass is 520 g/mol. The molecule has 0 aromatic carbocycles. The molecule has 178 valence electrons. The van der Waals surface area contributed by atoms with Crippen LogP contribution in [0.4, 0.5) is 4.39 Å². The lowest BCUT2D eigenvalue weighted by molar-refractivity contribution is 0.416. The number of halogens is 2. The van der Waals surface area contributed by atoms with Crippen molar-refractivity contribution in [2.45, 2.75) is 25.1 Å². The molecular formula is C22H22ClFN6O2S2. The molecular weight excluding hydrogens is 499 g/mol. The summed E-state index contributed by atoms with van der Waals surface area (Å²) in [5.74, 6) is -0.384. The molecule has 12 heteroatoms. The van der Waals surface area contributed by atoms with Gasteiger partial charge in [0.15, 0.2) is 0 Å². The van der Waals surface area contributed by atoms with Crippen molar-refractivity contribution in [2.75, 3.05) is 12.8 Å². The number of aromatic nitrogens is 3. The van der Waals surface area contributed by atoms with Crippen molar-refractivity contribution in [2.24, 2.45) is 17.8 Å². The van der Waals surface area contributed by atoms with Crippen LogP contribution in [0.2, 0.25) is 5.02 Å². The summed E-state index contributed by atoms with van der Waals surface area (Å²) >= 11 is 8.02. The molecule has 1 aliphatic heterocycles. The van der Waals surface area contributed by atoms with Crippen LogP contribution >= 0.6 is 22.9 Å². The minimum atomic E-state index is -3.67. The smallest absolute Gasteiger partial charge is 0.239 e. The van der Waals surface area contributed by atoms with Gasteiger partial charge in [-0.25, -0.2) is 22.1 Å². The lowest BCUT2D eigenvalue weighted by atomic mass is 9.92. The molecule has 0 amide bonds. The molecule has 8 nitrogen and oxygen atoms in total. The number of nitrogens with zero attached hydrogens (tertiary/aromatic N) is 5. The largest absolute Gasteiger partial charge is 0.369 e. The van der Waals surface area contributed by atoms with Gasteiger partial charge in [0.25, 0.3) is 0 Å². The van der Waals surface area contributed by atoms with Gasteiger partial charge in [0.1, 0.15) is 11.7 Å². The van der Waals surface area contributed by atoms with E-state index in [-0.39, 0.29) is 18.1 Å². The van der Waals surface area contributed by atoms with Crippen molar-refractivity contribution < 1.29 is 12.8 Å². The molecule has 0 spiro atoms. The van der Waals surface area contributed by atoms with Crippen molar-refractivity contribution in [3.8, 4) is 0 Å². The summed E-state index contributed by atoms with van der Waals surface area (Å²) in [6.07, 6.45) is 5.81. The molecule has 2 aliphatic rings. The molecule has 2 N–H and O–H groups in total. The second-order valence-corrected chi connectivity index (χ2v) is 12.0. The molecule has 0 fully saturated rings.